The first kappa shape index (κ1) is 13.3. The zero-order valence-electron chi connectivity index (χ0n) is 7.98. The fourth-order valence-corrected chi connectivity index (χ4v) is 1.52. The van der Waals surface area contributed by atoms with Crippen LogP contribution in [0.25, 0.3) is 0 Å². The average Bonchev–Trinajstić information content (AvgIpc) is 2.19. The van der Waals surface area contributed by atoms with Gasteiger partial charge in [-0.1, -0.05) is 17.7 Å². The lowest BCUT2D eigenvalue weighted by Crippen LogP contribution is -2.16. The molecular formula is C9H6BrClF3NO. The molecule has 0 saturated heterocycles. The van der Waals surface area contributed by atoms with Crippen LogP contribution in [0.1, 0.15) is 0 Å². The Bertz CT molecular complexity index is 420. The van der Waals surface area contributed by atoms with Crippen molar-refractivity contribution >= 4 is 38.4 Å². The lowest BCUT2D eigenvalue weighted by molar-refractivity contribution is -0.0558. The summed E-state index contributed by atoms with van der Waals surface area (Å²) in [5.41, 5.74) is 0.0571. The quantitative estimate of drug-likeness (QED) is 0.746. The summed E-state index contributed by atoms with van der Waals surface area (Å²) in [6, 6.07) is 4.49. The van der Waals surface area contributed by atoms with E-state index in [0.29, 0.717) is 10.2 Å². The van der Waals surface area contributed by atoms with Crippen LogP contribution in [0.15, 0.2) is 27.7 Å². The van der Waals surface area contributed by atoms with Gasteiger partial charge in [-0.2, -0.15) is 13.2 Å². The lowest BCUT2D eigenvalue weighted by atomic mass is 10.3. The Balaban J connectivity index is 3.16. The van der Waals surface area contributed by atoms with Crippen LogP contribution in [-0.2, 0) is 0 Å². The van der Waals surface area contributed by atoms with Gasteiger partial charge in [-0.25, -0.2) is 4.99 Å². The predicted octanol–water partition coefficient (Wildman–Crippen LogP) is 4.29. The Morgan fingerprint density at radius 2 is 2.06 bits per heavy atom. The molecule has 0 saturated carbocycles. The SMILES string of the molecule is COc1cccc(N=C(Cl)C(F)(F)F)c1Br. The molecule has 16 heavy (non-hydrogen) atoms. The summed E-state index contributed by atoms with van der Waals surface area (Å²) in [6.07, 6.45) is -4.65. The van der Waals surface area contributed by atoms with Crippen molar-refractivity contribution in [3.05, 3.63) is 22.7 Å². The molecule has 0 radical (unpaired) electrons. The second-order valence-corrected chi connectivity index (χ2v) is 3.84. The fourth-order valence-electron chi connectivity index (χ4n) is 0.912. The molecule has 0 fully saturated rings. The Hall–Kier alpha value is -0.750. The van der Waals surface area contributed by atoms with Gasteiger partial charge in [0, 0.05) is 0 Å². The van der Waals surface area contributed by atoms with E-state index in [9.17, 15) is 13.2 Å². The van der Waals surface area contributed by atoms with Crippen molar-refractivity contribution in [2.75, 3.05) is 7.11 Å². The van der Waals surface area contributed by atoms with Crippen LogP contribution in [0.3, 0.4) is 0 Å². The summed E-state index contributed by atoms with van der Waals surface area (Å²) < 4.78 is 41.7. The summed E-state index contributed by atoms with van der Waals surface area (Å²) in [7, 11) is 1.40. The van der Waals surface area contributed by atoms with Crippen molar-refractivity contribution in [1.29, 1.82) is 0 Å². The first-order valence-corrected chi connectivity index (χ1v) is 5.17. The molecule has 88 valence electrons. The number of hydrogen-bond donors (Lipinski definition) is 0. The van der Waals surface area contributed by atoms with Crippen molar-refractivity contribution in [3.63, 3.8) is 0 Å². The average molecular weight is 317 g/mol. The number of halogens is 5. The van der Waals surface area contributed by atoms with E-state index in [1.54, 1.807) is 6.07 Å². The number of benzene rings is 1. The van der Waals surface area contributed by atoms with E-state index >= 15 is 0 Å². The monoisotopic (exact) mass is 315 g/mol. The third kappa shape index (κ3) is 3.12. The number of aliphatic imine (C=N–C) groups is 1. The molecule has 2 nitrogen and oxygen atoms in total. The van der Waals surface area contributed by atoms with Gasteiger partial charge in [0.05, 0.1) is 17.3 Å². The van der Waals surface area contributed by atoms with Gasteiger partial charge in [-0.3, -0.25) is 0 Å². The van der Waals surface area contributed by atoms with Crippen LogP contribution in [-0.4, -0.2) is 18.5 Å². The number of ether oxygens (including phenoxy) is 1. The molecule has 1 rings (SSSR count). The molecule has 0 aromatic heterocycles. The number of nitrogens with zero attached hydrogens (tertiary/aromatic N) is 1. The van der Waals surface area contributed by atoms with Gasteiger partial charge in [0.2, 0.25) is 5.17 Å². The molecule has 0 amide bonds. The van der Waals surface area contributed by atoms with Gasteiger partial charge in [0.15, 0.2) is 0 Å². The summed E-state index contributed by atoms with van der Waals surface area (Å²) in [4.78, 5) is 3.27. The molecule has 0 bridgehead atoms. The van der Waals surface area contributed by atoms with E-state index in [0.717, 1.165) is 0 Å². The van der Waals surface area contributed by atoms with Crippen molar-refractivity contribution in [2.24, 2.45) is 4.99 Å². The first-order valence-electron chi connectivity index (χ1n) is 4.00. The second-order valence-electron chi connectivity index (χ2n) is 2.69. The fraction of sp³-hybridized carbons (Fsp3) is 0.222. The number of methoxy groups -OCH3 is 1. The third-order valence-electron chi connectivity index (χ3n) is 1.62. The maximum absolute atomic E-state index is 12.1. The minimum Gasteiger partial charge on any atom is -0.495 e. The van der Waals surface area contributed by atoms with Gasteiger partial charge in [0.1, 0.15) is 5.75 Å². The summed E-state index contributed by atoms with van der Waals surface area (Å²) >= 11 is 8.10. The van der Waals surface area contributed by atoms with Crippen LogP contribution in [0.2, 0.25) is 0 Å². The molecule has 0 aliphatic carbocycles. The number of hydrogen-bond acceptors (Lipinski definition) is 2. The zero-order valence-corrected chi connectivity index (χ0v) is 10.3. The summed E-state index contributed by atoms with van der Waals surface area (Å²) in [5, 5.41) is -1.43. The van der Waals surface area contributed by atoms with Crippen LogP contribution < -0.4 is 4.74 Å². The lowest BCUT2D eigenvalue weighted by Gasteiger charge is -2.07. The van der Waals surface area contributed by atoms with Gasteiger partial charge in [-0.15, -0.1) is 0 Å². The second kappa shape index (κ2) is 5.05. The van der Waals surface area contributed by atoms with E-state index < -0.39 is 11.3 Å². The Kier molecular flexibility index (Phi) is 4.21. The Morgan fingerprint density at radius 3 is 2.56 bits per heavy atom. The molecule has 0 N–H and O–H groups in total. The van der Waals surface area contributed by atoms with Crippen molar-refractivity contribution in [2.45, 2.75) is 6.18 Å². The van der Waals surface area contributed by atoms with Gasteiger partial charge >= 0.3 is 6.18 Å². The minimum atomic E-state index is -4.65. The first-order chi connectivity index (χ1) is 7.36. The van der Waals surface area contributed by atoms with Crippen LogP contribution in [0.4, 0.5) is 18.9 Å². The van der Waals surface area contributed by atoms with Gasteiger partial charge in [0.25, 0.3) is 0 Å². The van der Waals surface area contributed by atoms with E-state index in [1.807, 2.05) is 0 Å². The number of rotatable bonds is 2. The van der Waals surface area contributed by atoms with E-state index in [-0.39, 0.29) is 5.69 Å². The molecule has 0 aliphatic rings. The van der Waals surface area contributed by atoms with Crippen LogP contribution in [0, 0.1) is 0 Å². The highest BCUT2D eigenvalue weighted by Gasteiger charge is 2.34. The zero-order chi connectivity index (χ0) is 12.3. The molecule has 1 aromatic rings. The third-order valence-corrected chi connectivity index (χ3v) is 2.71. The highest BCUT2D eigenvalue weighted by atomic mass is 79.9. The van der Waals surface area contributed by atoms with E-state index in [4.69, 9.17) is 16.3 Å². The molecular weight excluding hydrogens is 310 g/mol. The maximum Gasteiger partial charge on any atom is 0.444 e. The minimum absolute atomic E-state index is 0.0571. The Morgan fingerprint density at radius 1 is 1.44 bits per heavy atom. The highest BCUT2D eigenvalue weighted by Crippen LogP contribution is 2.35. The van der Waals surface area contributed by atoms with E-state index in [2.05, 4.69) is 20.9 Å². The van der Waals surface area contributed by atoms with Crippen molar-refractivity contribution < 1.29 is 17.9 Å². The largest absolute Gasteiger partial charge is 0.495 e. The molecule has 0 atom stereocenters. The molecule has 7 heteroatoms. The molecule has 1 aromatic carbocycles. The van der Waals surface area contributed by atoms with Crippen molar-refractivity contribution in [3.8, 4) is 5.75 Å². The van der Waals surface area contributed by atoms with Gasteiger partial charge in [-0.05, 0) is 28.1 Å². The topological polar surface area (TPSA) is 21.6 Å². The standard InChI is InChI=1S/C9H6BrClF3NO/c1-16-6-4-2-3-5(7(6)10)15-8(11)9(12,13)14/h2-4H,1H3. The highest BCUT2D eigenvalue weighted by molar-refractivity contribution is 9.10. The molecule has 0 unspecified atom stereocenters. The van der Waals surface area contributed by atoms with Crippen LogP contribution in [0.5, 0.6) is 5.75 Å². The van der Waals surface area contributed by atoms with Crippen LogP contribution >= 0.6 is 27.5 Å². The maximum atomic E-state index is 12.1. The summed E-state index contributed by atoms with van der Waals surface area (Å²) in [6.45, 7) is 0. The predicted molar refractivity (Wildman–Crippen MR) is 59.7 cm³/mol. The van der Waals surface area contributed by atoms with Crippen molar-refractivity contribution in [1.82, 2.24) is 0 Å². The smallest absolute Gasteiger partial charge is 0.444 e. The summed E-state index contributed by atoms with van der Waals surface area (Å²) in [5.74, 6) is 0.382. The van der Waals surface area contributed by atoms with Gasteiger partial charge < -0.3 is 4.74 Å². The normalized spacial score (nSPS) is 12.8. The Labute approximate surface area is 103 Å². The van der Waals surface area contributed by atoms with E-state index in [1.165, 1.54) is 19.2 Å². The molecule has 0 heterocycles. The molecule has 0 spiro atoms. The number of alkyl halides is 3. The molecule has 0 aliphatic heterocycles.